The molecule has 2 aromatic carbocycles. The summed E-state index contributed by atoms with van der Waals surface area (Å²) in [4.78, 5) is 17.7. The number of hydrogen-bond donors (Lipinski definition) is 1. The number of ether oxygens (including phenoxy) is 1. The number of halogens is 3. The first-order chi connectivity index (χ1) is 16.3. The Hall–Kier alpha value is -2.06. The van der Waals surface area contributed by atoms with Gasteiger partial charge in [-0.2, -0.15) is 0 Å². The predicted molar refractivity (Wildman–Crippen MR) is 133 cm³/mol. The molecule has 5 nitrogen and oxygen atoms in total. The number of aliphatic hydroxyl groups is 1. The molecule has 1 amide bonds. The van der Waals surface area contributed by atoms with Gasteiger partial charge in [0.2, 0.25) is 5.91 Å². The van der Waals surface area contributed by atoms with Gasteiger partial charge < -0.3 is 14.7 Å². The quantitative estimate of drug-likeness (QED) is 0.639. The Bertz CT molecular complexity index is 997. The van der Waals surface area contributed by atoms with Crippen LogP contribution in [0.4, 0.5) is 8.78 Å². The molecule has 192 valence electrons. The molecule has 0 saturated carbocycles. The fourth-order valence-electron chi connectivity index (χ4n) is 5.84. The van der Waals surface area contributed by atoms with Gasteiger partial charge in [-0.15, -0.1) is 12.4 Å². The SMILES string of the molecule is COCCN1C[C@@H](C(=O)N2C[C@@H](C)[C@@](O)(c3ccccc3)[C@@H](C)C2)[C@H](c2ccc(F)cc2F)C1.Cl. The largest absolute Gasteiger partial charge is 0.384 e. The fraction of sp³-hybridized carbons (Fsp3) is 0.519. The van der Waals surface area contributed by atoms with Crippen LogP contribution < -0.4 is 0 Å². The molecule has 0 aliphatic carbocycles. The van der Waals surface area contributed by atoms with E-state index in [0.717, 1.165) is 11.6 Å². The van der Waals surface area contributed by atoms with Gasteiger partial charge in [0.15, 0.2) is 0 Å². The summed E-state index contributed by atoms with van der Waals surface area (Å²) in [5.74, 6) is -2.44. The number of nitrogens with zero attached hydrogens (tertiary/aromatic N) is 2. The monoisotopic (exact) mass is 508 g/mol. The van der Waals surface area contributed by atoms with E-state index in [1.54, 1.807) is 7.11 Å². The third-order valence-electron chi connectivity index (χ3n) is 7.73. The van der Waals surface area contributed by atoms with Crippen molar-refractivity contribution in [2.24, 2.45) is 17.8 Å². The second-order valence-corrected chi connectivity index (χ2v) is 9.87. The van der Waals surface area contributed by atoms with E-state index in [1.807, 2.05) is 49.1 Å². The molecule has 2 saturated heterocycles. The van der Waals surface area contributed by atoms with E-state index in [1.165, 1.54) is 12.1 Å². The highest BCUT2D eigenvalue weighted by Gasteiger charge is 2.49. The molecule has 4 rings (SSSR count). The average Bonchev–Trinajstić information content (AvgIpc) is 3.24. The summed E-state index contributed by atoms with van der Waals surface area (Å²) in [5.41, 5.74) is 0.208. The van der Waals surface area contributed by atoms with Gasteiger partial charge in [0.05, 0.1) is 18.1 Å². The Morgan fingerprint density at radius 1 is 1.06 bits per heavy atom. The van der Waals surface area contributed by atoms with Gasteiger partial charge in [0.25, 0.3) is 0 Å². The number of piperidine rings is 1. The fourth-order valence-corrected chi connectivity index (χ4v) is 5.84. The Balaban J connectivity index is 0.00000342. The molecular weight excluding hydrogens is 474 g/mol. The molecule has 2 aliphatic rings. The Labute approximate surface area is 212 Å². The molecule has 0 unspecified atom stereocenters. The molecule has 0 radical (unpaired) electrons. The summed E-state index contributed by atoms with van der Waals surface area (Å²) in [5, 5.41) is 11.6. The van der Waals surface area contributed by atoms with Gasteiger partial charge in [0, 0.05) is 63.7 Å². The molecular formula is C27H35ClF2N2O3. The van der Waals surface area contributed by atoms with E-state index in [4.69, 9.17) is 4.74 Å². The zero-order valence-corrected chi connectivity index (χ0v) is 21.3. The second kappa shape index (κ2) is 11.3. The minimum absolute atomic E-state index is 0. The van der Waals surface area contributed by atoms with E-state index < -0.39 is 23.2 Å². The van der Waals surface area contributed by atoms with Crippen LogP contribution in [0, 0.1) is 29.4 Å². The Morgan fingerprint density at radius 3 is 2.31 bits per heavy atom. The van der Waals surface area contributed by atoms with E-state index >= 15 is 0 Å². The molecule has 8 heteroatoms. The van der Waals surface area contributed by atoms with Gasteiger partial charge in [-0.3, -0.25) is 9.69 Å². The van der Waals surface area contributed by atoms with Gasteiger partial charge in [0.1, 0.15) is 11.6 Å². The summed E-state index contributed by atoms with van der Waals surface area (Å²) in [6.07, 6.45) is 0. The van der Waals surface area contributed by atoms with Gasteiger partial charge >= 0.3 is 0 Å². The zero-order chi connectivity index (χ0) is 24.5. The van der Waals surface area contributed by atoms with Crippen molar-refractivity contribution in [1.82, 2.24) is 9.80 Å². The molecule has 2 aliphatic heterocycles. The summed E-state index contributed by atoms with van der Waals surface area (Å²) in [6.45, 7) is 6.94. The van der Waals surface area contributed by atoms with Crippen LogP contribution >= 0.6 is 12.4 Å². The van der Waals surface area contributed by atoms with Crippen LogP contribution in [0.2, 0.25) is 0 Å². The van der Waals surface area contributed by atoms with E-state index in [9.17, 15) is 18.7 Å². The van der Waals surface area contributed by atoms with Crippen LogP contribution in [-0.4, -0.2) is 67.3 Å². The molecule has 0 bridgehead atoms. The number of carbonyl (C=O) groups excluding carboxylic acids is 1. The van der Waals surface area contributed by atoms with Crippen molar-refractivity contribution in [3.63, 3.8) is 0 Å². The predicted octanol–water partition coefficient (Wildman–Crippen LogP) is 4.05. The van der Waals surface area contributed by atoms with Crippen LogP contribution in [0.5, 0.6) is 0 Å². The number of carbonyl (C=O) groups is 1. The van der Waals surface area contributed by atoms with Crippen molar-refractivity contribution in [3.8, 4) is 0 Å². The average molecular weight is 509 g/mol. The molecule has 35 heavy (non-hydrogen) atoms. The molecule has 2 heterocycles. The van der Waals surface area contributed by atoms with Crippen molar-refractivity contribution in [3.05, 3.63) is 71.3 Å². The Kier molecular flexibility index (Phi) is 8.91. The first-order valence-corrected chi connectivity index (χ1v) is 12.0. The molecule has 1 N–H and O–H groups in total. The van der Waals surface area contributed by atoms with Crippen LogP contribution in [0.1, 0.15) is 30.9 Å². The lowest BCUT2D eigenvalue weighted by Gasteiger charge is -2.48. The van der Waals surface area contributed by atoms with Gasteiger partial charge in [-0.1, -0.05) is 50.2 Å². The number of amides is 1. The molecule has 0 spiro atoms. The Morgan fingerprint density at radius 2 is 1.71 bits per heavy atom. The molecule has 2 aromatic rings. The van der Waals surface area contributed by atoms with Crippen LogP contribution in [0.25, 0.3) is 0 Å². The summed E-state index contributed by atoms with van der Waals surface area (Å²) in [6, 6.07) is 13.2. The smallest absolute Gasteiger partial charge is 0.227 e. The first kappa shape index (κ1) is 27.5. The number of benzene rings is 2. The molecule has 5 atom stereocenters. The normalized spacial score (nSPS) is 29.1. The summed E-state index contributed by atoms with van der Waals surface area (Å²) >= 11 is 0. The van der Waals surface area contributed by atoms with Crippen LogP contribution in [0.3, 0.4) is 0 Å². The number of likely N-dealkylation sites (tertiary alicyclic amines) is 2. The van der Waals surface area contributed by atoms with E-state index in [0.29, 0.717) is 44.9 Å². The van der Waals surface area contributed by atoms with Crippen molar-refractivity contribution in [2.45, 2.75) is 25.4 Å². The van der Waals surface area contributed by atoms with E-state index in [-0.39, 0.29) is 36.1 Å². The van der Waals surface area contributed by atoms with Crippen molar-refractivity contribution >= 4 is 18.3 Å². The van der Waals surface area contributed by atoms with Crippen molar-refractivity contribution in [2.75, 3.05) is 46.4 Å². The lowest BCUT2D eigenvalue weighted by Crippen LogP contribution is -2.57. The standard InChI is InChI=1S/C27H34F2N2O3.ClH/c1-18-14-31(15-19(2)27(18,33)20-7-5-4-6-8-20)26(32)24-17-30(11-12-34-3)16-23(24)22-10-9-21(28)13-25(22)29;/h4-10,13,18-19,23-24,33H,11-12,14-17H2,1-3H3;1H/t18-,19+,23-,24+,27+;/m0./s1. The maximum absolute atomic E-state index is 14.7. The van der Waals surface area contributed by atoms with Crippen molar-refractivity contribution in [1.29, 1.82) is 0 Å². The topological polar surface area (TPSA) is 53.0 Å². The maximum Gasteiger partial charge on any atom is 0.227 e. The molecule has 2 fully saturated rings. The van der Waals surface area contributed by atoms with E-state index in [2.05, 4.69) is 4.90 Å². The number of rotatable bonds is 6. The highest BCUT2D eigenvalue weighted by molar-refractivity contribution is 5.85. The summed E-state index contributed by atoms with van der Waals surface area (Å²) < 4.78 is 33.5. The minimum atomic E-state index is -1.03. The highest BCUT2D eigenvalue weighted by Crippen LogP contribution is 2.43. The molecule has 0 aromatic heterocycles. The van der Waals surface area contributed by atoms with Gasteiger partial charge in [-0.05, 0) is 17.2 Å². The third-order valence-corrected chi connectivity index (χ3v) is 7.73. The number of hydrogen-bond acceptors (Lipinski definition) is 4. The minimum Gasteiger partial charge on any atom is -0.384 e. The third kappa shape index (κ3) is 5.38. The first-order valence-electron chi connectivity index (χ1n) is 12.0. The zero-order valence-electron chi connectivity index (χ0n) is 20.5. The van der Waals surface area contributed by atoms with Crippen LogP contribution in [0.15, 0.2) is 48.5 Å². The number of methoxy groups -OCH3 is 1. The lowest BCUT2D eigenvalue weighted by molar-refractivity contribution is -0.152. The second-order valence-electron chi connectivity index (χ2n) is 9.87. The lowest BCUT2D eigenvalue weighted by atomic mass is 9.70. The summed E-state index contributed by atoms with van der Waals surface area (Å²) in [7, 11) is 1.63. The van der Waals surface area contributed by atoms with Gasteiger partial charge in [-0.25, -0.2) is 8.78 Å². The maximum atomic E-state index is 14.7. The van der Waals surface area contributed by atoms with Crippen molar-refractivity contribution < 1.29 is 23.4 Å². The van der Waals surface area contributed by atoms with Crippen LogP contribution in [-0.2, 0) is 15.1 Å². The highest BCUT2D eigenvalue weighted by atomic mass is 35.5.